The zero-order valence-electron chi connectivity index (χ0n) is 43.3. The summed E-state index contributed by atoms with van der Waals surface area (Å²) in [5.74, 6) is -0.885. The molecule has 6 heteroatoms. The molecule has 0 aliphatic heterocycles. The maximum Gasteiger partial charge on any atom is 0.306 e. The maximum absolute atomic E-state index is 12.8. The number of carbonyl (C=O) groups excluding carboxylic acids is 3. The van der Waals surface area contributed by atoms with Gasteiger partial charge in [0.15, 0.2) is 6.10 Å². The predicted molar refractivity (Wildman–Crippen MR) is 279 cm³/mol. The molecule has 0 saturated carbocycles. The molecule has 0 spiro atoms. The van der Waals surface area contributed by atoms with Crippen LogP contribution in [-0.4, -0.2) is 37.2 Å². The summed E-state index contributed by atoms with van der Waals surface area (Å²) in [4.78, 5) is 38.0. The van der Waals surface area contributed by atoms with E-state index in [1.54, 1.807) is 0 Å². The Bertz CT molecular complexity index is 1140. The Labute approximate surface area is 403 Å². The lowest BCUT2D eigenvalue weighted by atomic mass is 10.1. The molecule has 0 rings (SSSR count). The van der Waals surface area contributed by atoms with Crippen molar-refractivity contribution in [3.8, 4) is 0 Å². The van der Waals surface area contributed by atoms with Crippen LogP contribution in [0.4, 0.5) is 0 Å². The fourth-order valence-electron chi connectivity index (χ4n) is 8.03. The van der Waals surface area contributed by atoms with Crippen molar-refractivity contribution in [2.45, 2.75) is 297 Å². The summed E-state index contributed by atoms with van der Waals surface area (Å²) < 4.78 is 16.8. The van der Waals surface area contributed by atoms with Crippen LogP contribution in [0.25, 0.3) is 0 Å². The summed E-state index contributed by atoms with van der Waals surface area (Å²) >= 11 is 0. The highest BCUT2D eigenvalue weighted by Gasteiger charge is 2.19. The van der Waals surface area contributed by atoms with Gasteiger partial charge in [0.1, 0.15) is 13.2 Å². The number of esters is 3. The normalized spacial score (nSPS) is 12.4. The molecule has 0 aliphatic rings. The van der Waals surface area contributed by atoms with Gasteiger partial charge in [-0.2, -0.15) is 0 Å². The Morgan fingerprint density at radius 3 is 0.877 bits per heavy atom. The van der Waals surface area contributed by atoms with Crippen molar-refractivity contribution in [2.24, 2.45) is 0 Å². The van der Waals surface area contributed by atoms with Crippen LogP contribution in [0.3, 0.4) is 0 Å². The van der Waals surface area contributed by atoms with Gasteiger partial charge in [-0.3, -0.25) is 14.4 Å². The number of ether oxygens (including phenoxy) is 3. The maximum atomic E-state index is 12.8. The van der Waals surface area contributed by atoms with E-state index in [1.165, 1.54) is 167 Å². The van der Waals surface area contributed by atoms with Gasteiger partial charge in [0.2, 0.25) is 0 Å². The first-order valence-electron chi connectivity index (χ1n) is 28.1. The first-order valence-corrected chi connectivity index (χ1v) is 28.1. The first kappa shape index (κ1) is 62.4. The van der Waals surface area contributed by atoms with Gasteiger partial charge >= 0.3 is 17.9 Å². The highest BCUT2D eigenvalue weighted by molar-refractivity contribution is 5.71. The van der Waals surface area contributed by atoms with Crippen molar-refractivity contribution in [1.82, 2.24) is 0 Å². The van der Waals surface area contributed by atoms with E-state index >= 15 is 0 Å². The monoisotopic (exact) mass is 911 g/mol. The second-order valence-electron chi connectivity index (χ2n) is 18.8. The van der Waals surface area contributed by atoms with Crippen LogP contribution in [0.1, 0.15) is 290 Å². The minimum Gasteiger partial charge on any atom is -0.462 e. The van der Waals surface area contributed by atoms with E-state index < -0.39 is 6.10 Å². The lowest BCUT2D eigenvalue weighted by molar-refractivity contribution is -0.167. The SMILES string of the molecule is CCCCCCC/C=C\C/C=C\C/C=C\CCCCCCCCCCC(=O)OCC(COC(=O)CCCCCCCCCCC)OC(=O)CCCCCCC/C=C\CCCCCCCC. The summed E-state index contributed by atoms with van der Waals surface area (Å²) in [7, 11) is 0. The molecule has 1 atom stereocenters. The zero-order valence-corrected chi connectivity index (χ0v) is 43.3. The lowest BCUT2D eigenvalue weighted by Gasteiger charge is -2.18. The average Bonchev–Trinajstić information content (AvgIpc) is 3.30. The van der Waals surface area contributed by atoms with Crippen LogP contribution < -0.4 is 0 Å². The van der Waals surface area contributed by atoms with Crippen LogP contribution in [0, 0.1) is 0 Å². The lowest BCUT2D eigenvalue weighted by Crippen LogP contribution is -2.30. The molecule has 0 aromatic heterocycles. The minimum atomic E-state index is -0.777. The Balaban J connectivity index is 4.26. The van der Waals surface area contributed by atoms with Crippen LogP contribution in [0.2, 0.25) is 0 Å². The number of hydrogen-bond donors (Lipinski definition) is 0. The molecule has 6 nitrogen and oxygen atoms in total. The van der Waals surface area contributed by atoms with E-state index in [0.29, 0.717) is 19.3 Å². The van der Waals surface area contributed by atoms with Gasteiger partial charge in [-0.25, -0.2) is 0 Å². The van der Waals surface area contributed by atoms with Gasteiger partial charge in [-0.05, 0) is 83.5 Å². The zero-order chi connectivity index (χ0) is 47.2. The highest BCUT2D eigenvalue weighted by Crippen LogP contribution is 2.15. The first-order chi connectivity index (χ1) is 32.0. The van der Waals surface area contributed by atoms with Crippen molar-refractivity contribution in [3.05, 3.63) is 48.6 Å². The fraction of sp³-hybridized carbons (Fsp3) is 0.814. The van der Waals surface area contributed by atoms with Gasteiger partial charge in [0.05, 0.1) is 0 Å². The van der Waals surface area contributed by atoms with Gasteiger partial charge in [0.25, 0.3) is 0 Å². The Kier molecular flexibility index (Phi) is 51.8. The van der Waals surface area contributed by atoms with E-state index in [4.69, 9.17) is 14.2 Å². The van der Waals surface area contributed by atoms with E-state index in [1.807, 2.05) is 0 Å². The smallest absolute Gasteiger partial charge is 0.306 e. The second-order valence-corrected chi connectivity index (χ2v) is 18.8. The molecule has 0 aromatic carbocycles. The van der Waals surface area contributed by atoms with Gasteiger partial charge in [-0.1, -0.05) is 236 Å². The predicted octanol–water partition coefficient (Wildman–Crippen LogP) is 18.7. The van der Waals surface area contributed by atoms with Gasteiger partial charge in [0, 0.05) is 19.3 Å². The van der Waals surface area contributed by atoms with E-state index in [0.717, 1.165) is 83.5 Å². The molecule has 0 heterocycles. The summed E-state index contributed by atoms with van der Waals surface area (Å²) in [6, 6.07) is 0. The molecule has 0 radical (unpaired) electrons. The molecule has 65 heavy (non-hydrogen) atoms. The molecule has 0 aromatic rings. The van der Waals surface area contributed by atoms with Crippen LogP contribution in [0.15, 0.2) is 48.6 Å². The minimum absolute atomic E-state index is 0.0767. The molecule has 0 amide bonds. The Morgan fingerprint density at radius 1 is 0.308 bits per heavy atom. The van der Waals surface area contributed by atoms with Crippen molar-refractivity contribution in [2.75, 3.05) is 13.2 Å². The standard InChI is InChI=1S/C59H106O6/c1-4-7-10-13-16-19-21-23-25-26-27-28-29-30-31-32-34-35-37-40-43-46-49-52-58(61)64-55-56(54-63-57(60)51-48-45-42-39-18-15-12-9-6-3)65-59(62)53-50-47-44-41-38-36-33-24-22-20-17-14-11-8-5-2/h21,23-24,26-27,29-30,33,56H,4-20,22,25,28,31-32,34-55H2,1-3H3/b23-21-,27-26-,30-29-,33-24-. The average molecular weight is 911 g/mol. The number of carbonyl (C=O) groups is 3. The van der Waals surface area contributed by atoms with E-state index in [2.05, 4.69) is 69.4 Å². The number of allylic oxidation sites excluding steroid dienone is 8. The van der Waals surface area contributed by atoms with E-state index in [-0.39, 0.29) is 31.1 Å². The summed E-state index contributed by atoms with van der Waals surface area (Å²) in [6.07, 6.45) is 65.3. The molecule has 1 unspecified atom stereocenters. The molecular formula is C59H106O6. The second kappa shape index (κ2) is 54.0. The van der Waals surface area contributed by atoms with Crippen molar-refractivity contribution >= 4 is 17.9 Å². The largest absolute Gasteiger partial charge is 0.462 e. The molecular weight excluding hydrogens is 805 g/mol. The Morgan fingerprint density at radius 2 is 0.554 bits per heavy atom. The van der Waals surface area contributed by atoms with Crippen LogP contribution in [0.5, 0.6) is 0 Å². The molecule has 0 fully saturated rings. The molecule has 0 bridgehead atoms. The van der Waals surface area contributed by atoms with Crippen molar-refractivity contribution < 1.29 is 28.6 Å². The van der Waals surface area contributed by atoms with Gasteiger partial charge in [-0.15, -0.1) is 0 Å². The molecule has 0 saturated heterocycles. The highest BCUT2D eigenvalue weighted by atomic mass is 16.6. The molecule has 378 valence electrons. The van der Waals surface area contributed by atoms with Crippen molar-refractivity contribution in [3.63, 3.8) is 0 Å². The van der Waals surface area contributed by atoms with Crippen LogP contribution >= 0.6 is 0 Å². The Hall–Kier alpha value is -2.63. The molecule has 0 N–H and O–H groups in total. The number of rotatable bonds is 51. The third-order valence-electron chi connectivity index (χ3n) is 12.3. The molecule has 0 aliphatic carbocycles. The summed E-state index contributed by atoms with van der Waals surface area (Å²) in [5.41, 5.74) is 0. The van der Waals surface area contributed by atoms with Gasteiger partial charge < -0.3 is 14.2 Å². The van der Waals surface area contributed by atoms with Crippen molar-refractivity contribution in [1.29, 1.82) is 0 Å². The topological polar surface area (TPSA) is 78.9 Å². The van der Waals surface area contributed by atoms with Crippen LogP contribution in [-0.2, 0) is 28.6 Å². The third-order valence-corrected chi connectivity index (χ3v) is 12.3. The van der Waals surface area contributed by atoms with E-state index in [9.17, 15) is 14.4 Å². The third kappa shape index (κ3) is 52.2. The fourth-order valence-corrected chi connectivity index (χ4v) is 8.03. The quantitative estimate of drug-likeness (QED) is 0.0262. The summed E-state index contributed by atoms with van der Waals surface area (Å²) in [5, 5.41) is 0. The number of hydrogen-bond acceptors (Lipinski definition) is 6. The number of unbranched alkanes of at least 4 members (excludes halogenated alkanes) is 32. The summed E-state index contributed by atoms with van der Waals surface area (Å²) in [6.45, 7) is 6.61.